The van der Waals surface area contributed by atoms with Crippen LogP contribution in [-0.2, 0) is 11.3 Å². The molecule has 0 radical (unpaired) electrons. The van der Waals surface area contributed by atoms with Crippen LogP contribution in [-0.4, -0.2) is 29.0 Å². The van der Waals surface area contributed by atoms with Gasteiger partial charge in [-0.2, -0.15) is 0 Å². The van der Waals surface area contributed by atoms with Crippen LogP contribution in [0, 0.1) is 5.92 Å². The summed E-state index contributed by atoms with van der Waals surface area (Å²) in [6.45, 7) is 2.02. The van der Waals surface area contributed by atoms with Gasteiger partial charge in [-0.1, -0.05) is 30.0 Å². The highest BCUT2D eigenvalue weighted by atomic mass is 32.2. The Morgan fingerprint density at radius 2 is 1.89 bits per heavy atom. The predicted molar refractivity (Wildman–Crippen MR) is 108 cm³/mol. The van der Waals surface area contributed by atoms with Gasteiger partial charge in [0.15, 0.2) is 5.82 Å². The average Bonchev–Trinajstić information content (AvgIpc) is 3.27. The van der Waals surface area contributed by atoms with Crippen molar-refractivity contribution in [3.63, 3.8) is 0 Å². The number of nitrogens with one attached hydrogen (secondary N) is 1. The van der Waals surface area contributed by atoms with Crippen LogP contribution in [0.3, 0.4) is 0 Å². The van der Waals surface area contributed by atoms with E-state index < -0.39 is 0 Å². The maximum atomic E-state index is 12.4. The topological polar surface area (TPSA) is 71.3 Å². The lowest BCUT2D eigenvalue weighted by Gasteiger charge is -2.32. The first-order chi connectivity index (χ1) is 13.8. The van der Waals surface area contributed by atoms with Crippen LogP contribution in [0.5, 0.6) is 0 Å². The Kier molecular flexibility index (Phi) is 5.92. The zero-order valence-corrected chi connectivity index (χ0v) is 16.3. The average molecular weight is 395 g/mol. The predicted octanol–water partition coefficient (Wildman–Crippen LogP) is 3.75. The number of anilines is 1. The summed E-state index contributed by atoms with van der Waals surface area (Å²) in [6.07, 6.45) is 6.67. The molecule has 1 saturated heterocycles. The third-order valence-electron chi connectivity index (χ3n) is 4.79. The van der Waals surface area contributed by atoms with E-state index in [0.29, 0.717) is 6.54 Å². The van der Waals surface area contributed by atoms with E-state index in [1.54, 1.807) is 30.4 Å². The number of hydrogen-bond acceptors (Lipinski definition) is 6. The van der Waals surface area contributed by atoms with Gasteiger partial charge in [-0.25, -0.2) is 9.97 Å². The largest absolute Gasteiger partial charge is 0.467 e. The van der Waals surface area contributed by atoms with Gasteiger partial charge in [0.2, 0.25) is 5.91 Å². The minimum absolute atomic E-state index is 0.0214. The Morgan fingerprint density at radius 1 is 1.11 bits per heavy atom. The molecule has 1 aliphatic rings. The van der Waals surface area contributed by atoms with Crippen LogP contribution >= 0.6 is 11.8 Å². The van der Waals surface area contributed by atoms with Crippen LogP contribution in [0.4, 0.5) is 5.82 Å². The zero-order chi connectivity index (χ0) is 19.2. The molecule has 0 spiro atoms. The number of benzene rings is 1. The highest BCUT2D eigenvalue weighted by Crippen LogP contribution is 2.33. The van der Waals surface area contributed by atoms with Crippen molar-refractivity contribution in [3.8, 4) is 0 Å². The van der Waals surface area contributed by atoms with Crippen molar-refractivity contribution in [3.05, 3.63) is 66.9 Å². The lowest BCUT2D eigenvalue weighted by Crippen LogP contribution is -2.40. The maximum Gasteiger partial charge on any atom is 0.223 e. The molecule has 4 rings (SSSR count). The van der Waals surface area contributed by atoms with Gasteiger partial charge >= 0.3 is 0 Å². The molecule has 0 aliphatic carbocycles. The van der Waals surface area contributed by atoms with E-state index >= 15 is 0 Å². The Bertz CT molecular complexity index is 894. The van der Waals surface area contributed by atoms with Gasteiger partial charge in [0.1, 0.15) is 10.8 Å². The lowest BCUT2D eigenvalue weighted by atomic mass is 9.96. The summed E-state index contributed by atoms with van der Waals surface area (Å²) in [5, 5.41) is 3.87. The van der Waals surface area contributed by atoms with Gasteiger partial charge in [0.05, 0.1) is 12.8 Å². The van der Waals surface area contributed by atoms with Gasteiger partial charge in [-0.15, -0.1) is 0 Å². The molecular formula is C21H22N4O2S. The Labute approximate surface area is 168 Å². The summed E-state index contributed by atoms with van der Waals surface area (Å²) in [4.78, 5) is 24.9. The number of amides is 1. The van der Waals surface area contributed by atoms with E-state index in [0.717, 1.165) is 47.4 Å². The molecule has 1 aliphatic heterocycles. The number of carbonyl (C=O) groups is 1. The van der Waals surface area contributed by atoms with Gasteiger partial charge < -0.3 is 14.6 Å². The summed E-state index contributed by atoms with van der Waals surface area (Å²) in [7, 11) is 0. The Hall–Kier alpha value is -2.80. The molecule has 144 valence electrons. The first-order valence-corrected chi connectivity index (χ1v) is 10.2. The second-order valence-electron chi connectivity index (χ2n) is 6.66. The van der Waals surface area contributed by atoms with Gasteiger partial charge in [-0.05, 0) is 37.1 Å². The molecule has 3 heterocycles. The van der Waals surface area contributed by atoms with Gasteiger partial charge in [-0.3, -0.25) is 4.79 Å². The second kappa shape index (κ2) is 8.93. The monoisotopic (exact) mass is 394 g/mol. The summed E-state index contributed by atoms with van der Waals surface area (Å²) < 4.78 is 5.27. The van der Waals surface area contributed by atoms with E-state index in [1.807, 2.05) is 30.3 Å². The fraction of sp³-hybridized carbons (Fsp3) is 0.286. The molecule has 6 nitrogen and oxygen atoms in total. The molecule has 0 unspecified atom stereocenters. The molecule has 2 aromatic heterocycles. The third kappa shape index (κ3) is 4.54. The first-order valence-electron chi connectivity index (χ1n) is 9.38. The van der Waals surface area contributed by atoms with Crippen LogP contribution in [0.1, 0.15) is 18.6 Å². The maximum absolute atomic E-state index is 12.4. The summed E-state index contributed by atoms with van der Waals surface area (Å²) in [5.41, 5.74) is 0. The molecule has 3 aromatic rings. The number of furan rings is 1. The Balaban J connectivity index is 1.35. The number of aromatic nitrogens is 2. The molecule has 1 amide bonds. The molecule has 0 saturated carbocycles. The van der Waals surface area contributed by atoms with Crippen LogP contribution in [0.25, 0.3) is 0 Å². The van der Waals surface area contributed by atoms with Crippen molar-refractivity contribution in [2.45, 2.75) is 29.3 Å². The molecule has 1 aromatic carbocycles. The molecule has 1 fully saturated rings. The SMILES string of the molecule is O=C(NCc1ccco1)C1CCN(c2nccnc2Sc2ccccc2)CC1. The summed E-state index contributed by atoms with van der Waals surface area (Å²) in [6, 6.07) is 13.9. The zero-order valence-electron chi connectivity index (χ0n) is 15.5. The highest BCUT2D eigenvalue weighted by molar-refractivity contribution is 7.99. The molecular weight excluding hydrogens is 372 g/mol. The number of piperidine rings is 1. The van der Waals surface area contributed by atoms with E-state index in [4.69, 9.17) is 4.42 Å². The molecule has 1 N–H and O–H groups in total. The van der Waals surface area contributed by atoms with Crippen LogP contribution in [0.15, 0.2) is 75.5 Å². The van der Waals surface area contributed by atoms with Crippen molar-refractivity contribution in [2.75, 3.05) is 18.0 Å². The third-order valence-corrected chi connectivity index (χ3v) is 5.78. The van der Waals surface area contributed by atoms with E-state index in [1.165, 1.54) is 0 Å². The minimum Gasteiger partial charge on any atom is -0.467 e. The van der Waals surface area contributed by atoms with Gasteiger partial charge in [0, 0.05) is 36.3 Å². The number of rotatable bonds is 6. The second-order valence-corrected chi connectivity index (χ2v) is 7.72. The van der Waals surface area contributed by atoms with Crippen LogP contribution in [0.2, 0.25) is 0 Å². The Morgan fingerprint density at radius 3 is 2.64 bits per heavy atom. The van der Waals surface area contributed by atoms with E-state index in [-0.39, 0.29) is 11.8 Å². The molecule has 7 heteroatoms. The molecule has 0 bridgehead atoms. The smallest absolute Gasteiger partial charge is 0.223 e. The van der Waals surface area contributed by atoms with Crippen molar-refractivity contribution in [2.24, 2.45) is 5.92 Å². The number of nitrogens with zero attached hydrogens (tertiary/aromatic N) is 3. The van der Waals surface area contributed by atoms with Crippen molar-refractivity contribution >= 4 is 23.5 Å². The molecule has 28 heavy (non-hydrogen) atoms. The fourth-order valence-corrected chi connectivity index (χ4v) is 4.20. The number of hydrogen-bond donors (Lipinski definition) is 1. The van der Waals surface area contributed by atoms with Crippen molar-refractivity contribution in [1.29, 1.82) is 0 Å². The van der Waals surface area contributed by atoms with Crippen molar-refractivity contribution < 1.29 is 9.21 Å². The molecule has 0 atom stereocenters. The van der Waals surface area contributed by atoms with Gasteiger partial charge in [0.25, 0.3) is 0 Å². The summed E-state index contributed by atoms with van der Waals surface area (Å²) >= 11 is 1.62. The summed E-state index contributed by atoms with van der Waals surface area (Å²) in [5.74, 6) is 1.78. The first kappa shape index (κ1) is 18.6. The number of carbonyl (C=O) groups excluding carboxylic acids is 1. The van der Waals surface area contributed by atoms with Crippen molar-refractivity contribution in [1.82, 2.24) is 15.3 Å². The minimum atomic E-state index is 0.0214. The van der Waals surface area contributed by atoms with E-state index in [9.17, 15) is 4.79 Å². The lowest BCUT2D eigenvalue weighted by molar-refractivity contribution is -0.125. The highest BCUT2D eigenvalue weighted by Gasteiger charge is 2.27. The van der Waals surface area contributed by atoms with Crippen LogP contribution < -0.4 is 10.2 Å². The van der Waals surface area contributed by atoms with E-state index in [2.05, 4.69) is 32.3 Å². The standard InChI is InChI=1S/C21H22N4O2S/c26-20(24-15-17-5-4-14-27-17)16-8-12-25(13-9-16)19-21(23-11-10-22-19)28-18-6-2-1-3-7-18/h1-7,10-11,14,16H,8-9,12-13,15H2,(H,24,26). The fourth-order valence-electron chi connectivity index (χ4n) is 3.29. The quantitative estimate of drug-likeness (QED) is 0.687. The normalized spacial score (nSPS) is 14.8.